The van der Waals surface area contributed by atoms with E-state index in [0.717, 1.165) is 32.4 Å². The third-order valence-electron chi connectivity index (χ3n) is 4.14. The summed E-state index contributed by atoms with van der Waals surface area (Å²) in [5.41, 5.74) is 0. The van der Waals surface area contributed by atoms with E-state index in [1.54, 1.807) is 7.05 Å². The Hall–Kier alpha value is -0.210. The molecule has 2 N–H and O–H groups in total. The van der Waals surface area contributed by atoms with Crippen LogP contribution in [0.3, 0.4) is 0 Å². The van der Waals surface area contributed by atoms with Gasteiger partial charge in [0.15, 0.2) is 0 Å². The zero-order valence-corrected chi connectivity index (χ0v) is 14.9. The van der Waals surface area contributed by atoms with Crippen LogP contribution in [-0.4, -0.2) is 69.5 Å². The van der Waals surface area contributed by atoms with Crippen LogP contribution in [0.2, 0.25) is 0 Å². The average Bonchev–Trinajstić information content (AvgIpc) is 2.38. The maximum atomic E-state index is 12.3. The Kier molecular flexibility index (Phi) is 7.56. The number of hydrogen-bond donors (Lipinski definition) is 2. The van der Waals surface area contributed by atoms with Crippen molar-refractivity contribution in [1.29, 1.82) is 0 Å². The number of likely N-dealkylation sites (tertiary alicyclic amines) is 1. The van der Waals surface area contributed by atoms with Gasteiger partial charge in [-0.1, -0.05) is 13.8 Å². The molecule has 0 bridgehead atoms. The standard InChI is InChI=1S/C14H32N4O2S/c1-12(2)15-8-6-9-18(5)21(19,20)16-14-7-10-17(4)13(3)11-14/h12-16H,6-11H2,1-5H3. The Morgan fingerprint density at radius 1 is 1.38 bits per heavy atom. The maximum absolute atomic E-state index is 12.3. The summed E-state index contributed by atoms with van der Waals surface area (Å²) in [6.45, 7) is 8.63. The highest BCUT2D eigenvalue weighted by atomic mass is 32.2. The van der Waals surface area contributed by atoms with Gasteiger partial charge in [-0.3, -0.25) is 0 Å². The summed E-state index contributed by atoms with van der Waals surface area (Å²) in [5, 5.41) is 3.30. The summed E-state index contributed by atoms with van der Waals surface area (Å²) >= 11 is 0. The topological polar surface area (TPSA) is 64.7 Å². The summed E-state index contributed by atoms with van der Waals surface area (Å²) in [5.74, 6) is 0. The van der Waals surface area contributed by atoms with E-state index in [9.17, 15) is 8.42 Å². The quantitative estimate of drug-likeness (QED) is 0.644. The SMILES string of the molecule is CC(C)NCCCN(C)S(=O)(=O)NC1CCN(C)C(C)C1. The number of nitrogens with zero attached hydrogens (tertiary/aromatic N) is 2. The van der Waals surface area contributed by atoms with Crippen molar-refractivity contribution in [2.24, 2.45) is 0 Å². The Balaban J connectivity index is 2.38. The second kappa shape index (κ2) is 8.43. The lowest BCUT2D eigenvalue weighted by molar-refractivity contribution is 0.177. The van der Waals surface area contributed by atoms with Crippen LogP contribution in [0.1, 0.15) is 40.0 Å². The highest BCUT2D eigenvalue weighted by Gasteiger charge is 2.27. The summed E-state index contributed by atoms with van der Waals surface area (Å²) in [6, 6.07) is 0.912. The first-order chi connectivity index (χ1) is 9.72. The van der Waals surface area contributed by atoms with Crippen molar-refractivity contribution < 1.29 is 8.42 Å². The van der Waals surface area contributed by atoms with Gasteiger partial charge in [-0.25, -0.2) is 0 Å². The average molecular weight is 321 g/mol. The van der Waals surface area contributed by atoms with Crippen LogP contribution in [-0.2, 0) is 10.2 Å². The third-order valence-corrected chi connectivity index (χ3v) is 5.77. The van der Waals surface area contributed by atoms with Gasteiger partial charge in [-0.2, -0.15) is 17.4 Å². The van der Waals surface area contributed by atoms with Crippen molar-refractivity contribution in [2.45, 2.75) is 58.2 Å². The lowest BCUT2D eigenvalue weighted by Crippen LogP contribution is -2.50. The number of nitrogens with one attached hydrogen (secondary N) is 2. The van der Waals surface area contributed by atoms with Gasteiger partial charge in [0, 0.05) is 31.7 Å². The molecule has 0 aliphatic carbocycles. The molecule has 0 aromatic heterocycles. The van der Waals surface area contributed by atoms with Crippen molar-refractivity contribution in [3.05, 3.63) is 0 Å². The second-order valence-corrected chi connectivity index (χ2v) is 8.27. The largest absolute Gasteiger partial charge is 0.314 e. The molecule has 1 rings (SSSR count). The van der Waals surface area contributed by atoms with Crippen LogP contribution >= 0.6 is 0 Å². The fraction of sp³-hybridized carbons (Fsp3) is 1.00. The minimum Gasteiger partial charge on any atom is -0.314 e. The monoisotopic (exact) mass is 320 g/mol. The minimum atomic E-state index is -3.36. The normalized spacial score (nSPS) is 24.9. The van der Waals surface area contributed by atoms with Crippen molar-refractivity contribution in [2.75, 3.05) is 33.7 Å². The van der Waals surface area contributed by atoms with Crippen LogP contribution < -0.4 is 10.0 Å². The summed E-state index contributed by atoms with van der Waals surface area (Å²) in [6.07, 6.45) is 2.57. The molecule has 0 radical (unpaired) electrons. The molecule has 1 aliphatic rings. The van der Waals surface area contributed by atoms with Gasteiger partial charge in [-0.05, 0) is 46.3 Å². The Labute approximate surface area is 130 Å². The van der Waals surface area contributed by atoms with E-state index in [0.29, 0.717) is 18.6 Å². The second-order valence-electron chi connectivity index (χ2n) is 6.46. The maximum Gasteiger partial charge on any atom is 0.279 e. The zero-order valence-electron chi connectivity index (χ0n) is 14.1. The highest BCUT2D eigenvalue weighted by molar-refractivity contribution is 7.87. The fourth-order valence-corrected chi connectivity index (χ4v) is 3.69. The van der Waals surface area contributed by atoms with Gasteiger partial charge in [0.1, 0.15) is 0 Å². The van der Waals surface area contributed by atoms with Gasteiger partial charge in [0.05, 0.1) is 0 Å². The minimum absolute atomic E-state index is 0.0532. The van der Waals surface area contributed by atoms with Crippen LogP contribution in [0.4, 0.5) is 0 Å². The van der Waals surface area contributed by atoms with Crippen LogP contribution in [0, 0.1) is 0 Å². The molecule has 1 saturated heterocycles. The van der Waals surface area contributed by atoms with Crippen LogP contribution in [0.15, 0.2) is 0 Å². The molecule has 0 amide bonds. The predicted molar refractivity (Wildman–Crippen MR) is 87.6 cm³/mol. The molecule has 0 aromatic rings. The Bertz CT molecular complexity index is 400. The van der Waals surface area contributed by atoms with E-state index in [1.165, 1.54) is 4.31 Å². The van der Waals surface area contributed by atoms with E-state index in [1.807, 2.05) is 0 Å². The molecule has 21 heavy (non-hydrogen) atoms. The lowest BCUT2D eigenvalue weighted by Gasteiger charge is -2.35. The fourth-order valence-electron chi connectivity index (χ4n) is 2.51. The van der Waals surface area contributed by atoms with Crippen molar-refractivity contribution in [1.82, 2.24) is 19.2 Å². The van der Waals surface area contributed by atoms with Gasteiger partial charge in [0.25, 0.3) is 10.2 Å². The molecule has 0 aromatic carbocycles. The molecule has 2 unspecified atom stereocenters. The molecule has 126 valence electrons. The van der Waals surface area contributed by atoms with E-state index in [2.05, 4.69) is 42.8 Å². The third kappa shape index (κ3) is 6.61. The summed E-state index contributed by atoms with van der Waals surface area (Å²) < 4.78 is 28.9. The Morgan fingerprint density at radius 3 is 2.62 bits per heavy atom. The van der Waals surface area contributed by atoms with Crippen LogP contribution in [0.5, 0.6) is 0 Å². The van der Waals surface area contributed by atoms with Crippen LogP contribution in [0.25, 0.3) is 0 Å². The van der Waals surface area contributed by atoms with Gasteiger partial charge in [0.2, 0.25) is 0 Å². The summed E-state index contributed by atoms with van der Waals surface area (Å²) in [7, 11) is 0.371. The zero-order chi connectivity index (χ0) is 16.0. The Morgan fingerprint density at radius 2 is 2.05 bits per heavy atom. The smallest absolute Gasteiger partial charge is 0.279 e. The molecule has 2 atom stereocenters. The molecule has 0 saturated carbocycles. The summed E-state index contributed by atoms with van der Waals surface area (Å²) in [4.78, 5) is 2.27. The van der Waals surface area contributed by atoms with Crippen molar-refractivity contribution in [3.63, 3.8) is 0 Å². The molecule has 1 aliphatic heterocycles. The van der Waals surface area contributed by atoms with Crippen molar-refractivity contribution in [3.8, 4) is 0 Å². The van der Waals surface area contributed by atoms with E-state index in [-0.39, 0.29) is 6.04 Å². The highest BCUT2D eigenvalue weighted by Crippen LogP contribution is 2.16. The predicted octanol–water partition coefficient (Wildman–Crippen LogP) is 0.623. The molecule has 0 spiro atoms. The van der Waals surface area contributed by atoms with Gasteiger partial charge >= 0.3 is 0 Å². The van der Waals surface area contributed by atoms with E-state index >= 15 is 0 Å². The molecule has 6 nitrogen and oxygen atoms in total. The number of piperidine rings is 1. The van der Waals surface area contributed by atoms with E-state index < -0.39 is 10.2 Å². The van der Waals surface area contributed by atoms with Crippen molar-refractivity contribution >= 4 is 10.2 Å². The first kappa shape index (κ1) is 18.8. The van der Waals surface area contributed by atoms with E-state index in [4.69, 9.17) is 0 Å². The molecule has 1 heterocycles. The number of rotatable bonds is 8. The first-order valence-corrected chi connectivity index (χ1v) is 9.33. The first-order valence-electron chi connectivity index (χ1n) is 7.89. The molecular weight excluding hydrogens is 288 g/mol. The number of hydrogen-bond acceptors (Lipinski definition) is 4. The molecule has 7 heteroatoms. The molecular formula is C14H32N4O2S. The van der Waals surface area contributed by atoms with Gasteiger partial charge < -0.3 is 10.2 Å². The van der Waals surface area contributed by atoms with Gasteiger partial charge in [-0.15, -0.1) is 0 Å². The lowest BCUT2D eigenvalue weighted by atomic mass is 10.0. The molecule has 1 fully saturated rings.